The molecular formula is C39H41N3O7. The van der Waals surface area contributed by atoms with Gasteiger partial charge in [-0.3, -0.25) is 14.5 Å². The second-order valence-electron chi connectivity index (χ2n) is 12.5. The van der Waals surface area contributed by atoms with Crippen LogP contribution in [0.2, 0.25) is 0 Å². The molecule has 2 fully saturated rings. The Hall–Kier alpha value is -4.87. The van der Waals surface area contributed by atoms with E-state index in [1.54, 1.807) is 24.3 Å². The quantitative estimate of drug-likeness (QED) is 0.189. The van der Waals surface area contributed by atoms with Crippen LogP contribution in [0.25, 0.3) is 0 Å². The van der Waals surface area contributed by atoms with Gasteiger partial charge in [0.2, 0.25) is 5.91 Å². The molecule has 0 aromatic heterocycles. The fourth-order valence-electron chi connectivity index (χ4n) is 6.20. The number of nitrogens with one attached hydrogen (secondary N) is 1. The molecule has 0 spiro atoms. The Balaban J connectivity index is 1.14. The van der Waals surface area contributed by atoms with E-state index in [2.05, 4.69) is 36.3 Å². The van der Waals surface area contributed by atoms with Gasteiger partial charge >= 0.3 is 6.09 Å². The van der Waals surface area contributed by atoms with Crippen molar-refractivity contribution >= 4 is 23.6 Å². The van der Waals surface area contributed by atoms with E-state index in [0.29, 0.717) is 18.7 Å². The van der Waals surface area contributed by atoms with Crippen molar-refractivity contribution < 1.29 is 33.7 Å². The summed E-state index contributed by atoms with van der Waals surface area (Å²) in [5.74, 6) is -0.945. The first-order valence-electron chi connectivity index (χ1n) is 16.5. The minimum absolute atomic E-state index is 0.0359. The van der Waals surface area contributed by atoms with E-state index in [-0.39, 0.29) is 37.9 Å². The Morgan fingerprint density at radius 3 is 2.22 bits per heavy atom. The van der Waals surface area contributed by atoms with Crippen LogP contribution in [0.4, 0.5) is 10.5 Å². The first-order chi connectivity index (χ1) is 23.8. The van der Waals surface area contributed by atoms with Gasteiger partial charge in [0, 0.05) is 24.6 Å². The number of amides is 3. The molecule has 49 heavy (non-hydrogen) atoms. The van der Waals surface area contributed by atoms with Crippen LogP contribution in [0.5, 0.6) is 0 Å². The number of likely N-dealkylation sites (N-methyl/N-ethyl adjacent to an activating group) is 1. The van der Waals surface area contributed by atoms with Gasteiger partial charge in [-0.05, 0) is 48.4 Å². The van der Waals surface area contributed by atoms with E-state index in [4.69, 9.17) is 14.2 Å². The van der Waals surface area contributed by atoms with Crippen LogP contribution in [0.1, 0.15) is 66.0 Å². The number of carbonyl (C=O) groups excluding carboxylic acids is 3. The minimum atomic E-state index is -1.02. The molecule has 0 saturated carbocycles. The Morgan fingerprint density at radius 2 is 1.55 bits per heavy atom. The highest BCUT2D eigenvalue weighted by atomic mass is 16.7. The summed E-state index contributed by atoms with van der Waals surface area (Å²) in [6, 6.07) is 33.4. The highest BCUT2D eigenvalue weighted by Crippen LogP contribution is 2.39. The summed E-state index contributed by atoms with van der Waals surface area (Å²) in [6.07, 6.45) is -1.41. The van der Waals surface area contributed by atoms with Crippen LogP contribution in [-0.4, -0.2) is 53.7 Å². The lowest BCUT2D eigenvalue weighted by molar-refractivity contribution is -0.253. The maximum Gasteiger partial charge on any atom is 0.408 e. The number of rotatable bonds is 11. The Kier molecular flexibility index (Phi) is 10.8. The second kappa shape index (κ2) is 15.6. The fourth-order valence-corrected chi connectivity index (χ4v) is 6.20. The average molecular weight is 664 g/mol. The number of alkyl carbamates (subject to hydrolysis) is 1. The van der Waals surface area contributed by atoms with Gasteiger partial charge in [-0.2, -0.15) is 0 Å². The van der Waals surface area contributed by atoms with Crippen LogP contribution >= 0.6 is 0 Å². The summed E-state index contributed by atoms with van der Waals surface area (Å²) in [6.45, 7) is 2.85. The first-order valence-corrected chi connectivity index (χ1v) is 16.5. The Bertz CT molecular complexity index is 1720. The van der Waals surface area contributed by atoms with E-state index in [9.17, 15) is 19.5 Å². The predicted molar refractivity (Wildman–Crippen MR) is 183 cm³/mol. The molecule has 2 saturated heterocycles. The number of aliphatic hydroxyl groups excluding tert-OH is 1. The van der Waals surface area contributed by atoms with Crippen molar-refractivity contribution in [1.29, 1.82) is 0 Å². The molecule has 2 aliphatic rings. The van der Waals surface area contributed by atoms with Gasteiger partial charge in [-0.15, -0.1) is 0 Å². The number of aliphatic hydroxyl groups is 1. The Morgan fingerprint density at radius 1 is 0.898 bits per heavy atom. The predicted octanol–water partition coefficient (Wildman–Crippen LogP) is 5.98. The SMILES string of the molecule is C[C@@H](c1ccccc1)N(C)C[C@@H]1C[C@H](c2ccc(CO)cc2)O[C@H](c2ccc(N3C(=O)CC(NC(=O)OCc4ccccc4)C3=O)cc2)O1. The largest absolute Gasteiger partial charge is 0.445 e. The smallest absolute Gasteiger partial charge is 0.408 e. The van der Waals surface area contributed by atoms with E-state index in [1.165, 1.54) is 5.56 Å². The number of ether oxygens (including phenoxy) is 3. The van der Waals surface area contributed by atoms with Crippen molar-refractivity contribution in [3.05, 3.63) is 137 Å². The zero-order valence-corrected chi connectivity index (χ0v) is 27.6. The van der Waals surface area contributed by atoms with Gasteiger partial charge in [-0.1, -0.05) is 97.1 Å². The molecular weight excluding hydrogens is 622 g/mol. The third kappa shape index (κ3) is 8.23. The molecule has 2 N–H and O–H groups in total. The van der Waals surface area contributed by atoms with Crippen molar-refractivity contribution in [1.82, 2.24) is 10.2 Å². The van der Waals surface area contributed by atoms with Crippen molar-refractivity contribution in [2.45, 2.75) is 63.6 Å². The van der Waals surface area contributed by atoms with Crippen LogP contribution in [-0.2, 0) is 37.0 Å². The van der Waals surface area contributed by atoms with Gasteiger partial charge in [-0.25, -0.2) is 9.69 Å². The molecule has 10 heteroatoms. The Labute approximate surface area is 286 Å². The topological polar surface area (TPSA) is 118 Å². The molecule has 4 aromatic carbocycles. The molecule has 1 unspecified atom stereocenters. The van der Waals surface area contributed by atoms with Gasteiger partial charge in [0.25, 0.3) is 5.91 Å². The average Bonchev–Trinajstić information content (AvgIpc) is 3.42. The van der Waals surface area contributed by atoms with Crippen molar-refractivity contribution in [3.63, 3.8) is 0 Å². The molecule has 3 amide bonds. The highest BCUT2D eigenvalue weighted by molar-refractivity contribution is 6.22. The number of hydrogen-bond acceptors (Lipinski definition) is 8. The van der Waals surface area contributed by atoms with E-state index in [0.717, 1.165) is 27.2 Å². The van der Waals surface area contributed by atoms with Crippen LogP contribution in [0.3, 0.4) is 0 Å². The maximum atomic E-state index is 13.2. The third-order valence-corrected chi connectivity index (χ3v) is 9.12. The fraction of sp³-hybridized carbons (Fsp3) is 0.308. The first kappa shape index (κ1) is 34.0. The number of imide groups is 1. The molecule has 254 valence electrons. The van der Waals surface area contributed by atoms with E-state index < -0.39 is 30.2 Å². The number of nitrogens with zero attached hydrogens (tertiary/aromatic N) is 2. The molecule has 2 heterocycles. The van der Waals surface area contributed by atoms with Crippen LogP contribution in [0.15, 0.2) is 109 Å². The van der Waals surface area contributed by atoms with E-state index in [1.807, 2.05) is 72.8 Å². The van der Waals surface area contributed by atoms with Crippen molar-refractivity contribution in [2.75, 3.05) is 18.5 Å². The van der Waals surface area contributed by atoms with Gasteiger partial charge in [0.05, 0.1) is 30.9 Å². The molecule has 0 aliphatic carbocycles. The maximum absolute atomic E-state index is 13.2. The zero-order chi connectivity index (χ0) is 34.3. The summed E-state index contributed by atoms with van der Waals surface area (Å²) in [7, 11) is 2.08. The summed E-state index contributed by atoms with van der Waals surface area (Å²) in [4.78, 5) is 41.9. The summed E-state index contributed by atoms with van der Waals surface area (Å²) in [5.41, 5.74) is 4.96. The zero-order valence-electron chi connectivity index (χ0n) is 27.6. The minimum Gasteiger partial charge on any atom is -0.445 e. The van der Waals surface area contributed by atoms with Gasteiger partial charge < -0.3 is 24.6 Å². The second-order valence-corrected chi connectivity index (χ2v) is 12.5. The molecule has 10 nitrogen and oxygen atoms in total. The summed E-state index contributed by atoms with van der Waals surface area (Å²) < 4.78 is 18.3. The lowest BCUT2D eigenvalue weighted by Crippen LogP contribution is -2.42. The van der Waals surface area contributed by atoms with Crippen LogP contribution in [0, 0.1) is 0 Å². The summed E-state index contributed by atoms with van der Waals surface area (Å²) >= 11 is 0. The molecule has 0 bridgehead atoms. The number of carbonyl (C=O) groups is 3. The summed E-state index contributed by atoms with van der Waals surface area (Å²) in [5, 5.41) is 12.1. The number of benzene rings is 4. The highest BCUT2D eigenvalue weighted by Gasteiger charge is 2.41. The molecule has 4 aromatic rings. The van der Waals surface area contributed by atoms with Gasteiger partial charge in [0.1, 0.15) is 12.6 Å². The standard InChI is InChI=1S/C39H41N3O7/c1-26(29-11-7-4-8-12-29)41(2)23-33-21-35(30-15-13-27(24-43)14-16-30)49-38(48-33)31-17-19-32(20-18-31)42-36(44)22-34(37(42)45)40-39(46)47-25-28-9-5-3-6-10-28/h3-20,26,33-35,38,43H,21-25H2,1-2H3,(H,40,46)/t26-,33-,34?,35+,38+/m0/s1. The molecule has 5 atom stereocenters. The third-order valence-electron chi connectivity index (χ3n) is 9.12. The normalized spacial score (nSPS) is 21.5. The van der Waals surface area contributed by atoms with Crippen LogP contribution < -0.4 is 10.2 Å². The number of anilines is 1. The van der Waals surface area contributed by atoms with Crippen molar-refractivity contribution in [2.24, 2.45) is 0 Å². The van der Waals surface area contributed by atoms with Gasteiger partial charge in [0.15, 0.2) is 6.29 Å². The number of hydrogen-bond donors (Lipinski definition) is 2. The lowest BCUT2D eigenvalue weighted by atomic mass is 9.99. The van der Waals surface area contributed by atoms with Crippen molar-refractivity contribution in [3.8, 4) is 0 Å². The lowest BCUT2D eigenvalue weighted by Gasteiger charge is -2.39. The molecule has 2 aliphatic heterocycles. The molecule has 6 rings (SSSR count). The van der Waals surface area contributed by atoms with E-state index >= 15 is 0 Å². The monoisotopic (exact) mass is 663 g/mol. The molecule has 0 radical (unpaired) electrons.